The van der Waals surface area contributed by atoms with Gasteiger partial charge in [-0.3, -0.25) is 18.6 Å². The van der Waals surface area contributed by atoms with Crippen molar-refractivity contribution in [2.45, 2.75) is 380 Å². The predicted octanol–water partition coefficient (Wildman–Crippen LogP) is 25.3. The fourth-order valence-corrected chi connectivity index (χ4v) is 11.9. The number of unbranched alkanes of at least 4 members (excludes halogenated alkanes) is 45. The summed E-state index contributed by atoms with van der Waals surface area (Å²) in [6.45, 7) is 3.68. The van der Waals surface area contributed by atoms with Crippen LogP contribution in [0.2, 0.25) is 0 Å². The quantitative estimate of drug-likeness (QED) is 0.0264. The molecule has 3 N–H and O–H groups in total. The Morgan fingerprint density at radius 2 is 0.618 bits per heavy atom. The molecule has 0 aliphatic rings. The summed E-state index contributed by atoms with van der Waals surface area (Å²) in [4.78, 5) is 35.4. The van der Waals surface area contributed by atoms with Crippen molar-refractivity contribution in [1.82, 2.24) is 0 Å². The summed E-state index contributed by atoms with van der Waals surface area (Å²) in [5.74, 6) is -0.809. The second-order valence-electron chi connectivity index (χ2n) is 25.5. The number of rotatable bonds is 72. The first kappa shape index (κ1) is 86.2. The molecule has 9 nitrogen and oxygen atoms in total. The Bertz CT molecular complexity index is 1740. The third-order valence-electron chi connectivity index (χ3n) is 16.8. The average molecular weight is 1270 g/mol. The number of ether oxygens (including phenoxy) is 2. The molecule has 0 saturated carbocycles. The van der Waals surface area contributed by atoms with Crippen LogP contribution < -0.4 is 5.73 Å². The van der Waals surface area contributed by atoms with Crippen LogP contribution >= 0.6 is 7.82 Å². The number of hydrogen-bond donors (Lipinski definition) is 2. The molecule has 0 amide bonds. The van der Waals surface area contributed by atoms with Gasteiger partial charge in [0.15, 0.2) is 6.10 Å². The molecule has 0 spiro atoms. The SMILES string of the molecule is CC/C=C\C/C=C\C/C=C\C/C=C\C/C=C\CCCCCCCCCCCCCCCCCCCCCC(=O)OC(COC(=O)CCCCCCCCCCCCCCCCCCCCCCC/C=C\C/C=C\CCCCCCC)COP(=O)(O)OCCN. The van der Waals surface area contributed by atoms with Crippen molar-refractivity contribution in [3.05, 3.63) is 85.1 Å². The van der Waals surface area contributed by atoms with E-state index in [-0.39, 0.29) is 38.6 Å². The van der Waals surface area contributed by atoms with Crippen LogP contribution in [0, 0.1) is 0 Å². The van der Waals surface area contributed by atoms with Crippen LogP contribution in [0.4, 0.5) is 0 Å². The largest absolute Gasteiger partial charge is 0.472 e. The maximum absolute atomic E-state index is 12.8. The summed E-state index contributed by atoms with van der Waals surface area (Å²) in [5.41, 5.74) is 5.41. The maximum Gasteiger partial charge on any atom is 0.472 e. The van der Waals surface area contributed by atoms with Crippen molar-refractivity contribution >= 4 is 19.8 Å². The molecule has 0 aromatic carbocycles. The molecule has 2 atom stereocenters. The highest BCUT2D eigenvalue weighted by Crippen LogP contribution is 2.43. The number of nitrogens with two attached hydrogens (primary N) is 1. The monoisotopic (exact) mass is 1270 g/mol. The molecule has 0 aromatic rings. The average Bonchev–Trinajstić information content (AvgIpc) is 3.66. The van der Waals surface area contributed by atoms with Crippen LogP contribution in [0.1, 0.15) is 373 Å². The van der Waals surface area contributed by atoms with E-state index >= 15 is 0 Å². The summed E-state index contributed by atoms with van der Waals surface area (Å²) in [6.07, 6.45) is 99.9. The van der Waals surface area contributed by atoms with E-state index in [2.05, 4.69) is 98.9 Å². The van der Waals surface area contributed by atoms with Gasteiger partial charge in [-0.05, 0) is 89.9 Å². The first-order valence-corrected chi connectivity index (χ1v) is 39.6. The molecule has 0 rings (SSSR count). The van der Waals surface area contributed by atoms with Crippen molar-refractivity contribution in [2.24, 2.45) is 5.73 Å². The molecule has 0 radical (unpaired) electrons. The number of carbonyl (C=O) groups is 2. The number of allylic oxidation sites excluding steroid dienone is 14. The van der Waals surface area contributed by atoms with E-state index in [1.165, 1.54) is 270 Å². The molecular weight excluding hydrogens is 1120 g/mol. The van der Waals surface area contributed by atoms with E-state index in [9.17, 15) is 19.0 Å². The van der Waals surface area contributed by atoms with Crippen molar-refractivity contribution in [2.75, 3.05) is 26.4 Å². The third kappa shape index (κ3) is 74.1. The smallest absolute Gasteiger partial charge is 0.462 e. The number of esters is 2. The molecule has 0 heterocycles. The molecule has 89 heavy (non-hydrogen) atoms. The Morgan fingerprint density at radius 3 is 0.921 bits per heavy atom. The zero-order valence-corrected chi connectivity index (χ0v) is 59.3. The summed E-state index contributed by atoms with van der Waals surface area (Å²) in [5, 5.41) is 0. The topological polar surface area (TPSA) is 134 Å². The van der Waals surface area contributed by atoms with Gasteiger partial charge in [0.05, 0.1) is 13.2 Å². The van der Waals surface area contributed by atoms with E-state index in [1.807, 2.05) is 0 Å². The number of phosphoric acid groups is 1. The van der Waals surface area contributed by atoms with Crippen molar-refractivity contribution in [3.63, 3.8) is 0 Å². The molecular formula is C79H144NO8P. The zero-order chi connectivity index (χ0) is 64.4. The Balaban J connectivity index is 3.80. The molecule has 10 heteroatoms. The minimum atomic E-state index is -4.40. The van der Waals surface area contributed by atoms with Gasteiger partial charge in [0.1, 0.15) is 6.61 Å². The zero-order valence-electron chi connectivity index (χ0n) is 58.4. The van der Waals surface area contributed by atoms with Gasteiger partial charge < -0.3 is 20.1 Å². The van der Waals surface area contributed by atoms with Gasteiger partial charge in [0.2, 0.25) is 0 Å². The van der Waals surface area contributed by atoms with Crippen LogP contribution in [0.3, 0.4) is 0 Å². The summed E-state index contributed by atoms with van der Waals surface area (Å²) >= 11 is 0. The molecule has 0 aromatic heterocycles. The van der Waals surface area contributed by atoms with Crippen LogP contribution in [-0.4, -0.2) is 49.3 Å². The first-order chi connectivity index (χ1) is 43.8. The number of carbonyl (C=O) groups excluding carboxylic acids is 2. The van der Waals surface area contributed by atoms with E-state index in [1.54, 1.807) is 0 Å². The van der Waals surface area contributed by atoms with Gasteiger partial charge in [0.25, 0.3) is 0 Å². The Labute approximate surface area is 551 Å². The minimum Gasteiger partial charge on any atom is -0.462 e. The van der Waals surface area contributed by atoms with Gasteiger partial charge in [-0.2, -0.15) is 0 Å². The van der Waals surface area contributed by atoms with E-state index < -0.39 is 26.5 Å². The van der Waals surface area contributed by atoms with Gasteiger partial charge in [-0.1, -0.05) is 356 Å². The van der Waals surface area contributed by atoms with Crippen LogP contribution in [0.5, 0.6) is 0 Å². The second-order valence-corrected chi connectivity index (χ2v) is 26.9. The standard InChI is InChI=1S/C79H144NO8P/c1-3-5-7-9-11-13-15-17-19-21-23-25-27-29-31-33-35-37-38-40-42-44-46-48-50-52-54-56-58-60-62-64-66-68-70-72-79(82)88-77(76-87-89(83,84)86-74-73-80)75-85-78(81)71-69-67-65-63-61-59-57-55-53-51-49-47-45-43-41-39-36-34-32-30-28-26-24-22-20-18-16-14-12-10-8-6-4-2/h5,7,11,13,16-19,22-25,29,31,77H,3-4,6,8-10,12,14-15,20-21,26-28,30,32-76,80H2,1-2H3,(H,83,84)/b7-5-,13-11-,18-16-,19-17-,24-22-,25-23-,31-29-. The first-order valence-electron chi connectivity index (χ1n) is 38.1. The van der Waals surface area contributed by atoms with Crippen molar-refractivity contribution < 1.29 is 37.6 Å². The highest BCUT2D eigenvalue weighted by Gasteiger charge is 2.26. The lowest BCUT2D eigenvalue weighted by Crippen LogP contribution is -2.29. The second kappa shape index (κ2) is 74.2. The number of phosphoric ester groups is 1. The van der Waals surface area contributed by atoms with Gasteiger partial charge in [-0.15, -0.1) is 0 Å². The molecule has 518 valence electrons. The van der Waals surface area contributed by atoms with Crippen LogP contribution in [-0.2, 0) is 32.7 Å². The third-order valence-corrected chi connectivity index (χ3v) is 17.7. The van der Waals surface area contributed by atoms with E-state index in [0.717, 1.165) is 70.6 Å². The highest BCUT2D eigenvalue weighted by molar-refractivity contribution is 7.47. The lowest BCUT2D eigenvalue weighted by atomic mass is 10.0. The van der Waals surface area contributed by atoms with Gasteiger partial charge in [-0.25, -0.2) is 4.57 Å². The summed E-state index contributed by atoms with van der Waals surface area (Å²) in [6, 6.07) is 0. The number of hydrogen-bond acceptors (Lipinski definition) is 8. The Hall–Kier alpha value is -2.81. The molecule has 0 aliphatic carbocycles. The molecule has 0 fully saturated rings. The summed E-state index contributed by atoms with van der Waals surface area (Å²) in [7, 11) is -4.40. The lowest BCUT2D eigenvalue weighted by molar-refractivity contribution is -0.161. The van der Waals surface area contributed by atoms with E-state index in [4.69, 9.17) is 24.3 Å². The normalized spacial score (nSPS) is 13.3. The van der Waals surface area contributed by atoms with E-state index in [0.29, 0.717) is 6.42 Å². The lowest BCUT2D eigenvalue weighted by Gasteiger charge is -2.19. The predicted molar refractivity (Wildman–Crippen MR) is 386 cm³/mol. The van der Waals surface area contributed by atoms with Crippen molar-refractivity contribution in [3.8, 4) is 0 Å². The Kier molecular flexibility index (Phi) is 71.9. The Morgan fingerprint density at radius 1 is 0.348 bits per heavy atom. The maximum atomic E-state index is 12.8. The fourth-order valence-electron chi connectivity index (χ4n) is 11.2. The van der Waals surface area contributed by atoms with Gasteiger partial charge >= 0.3 is 19.8 Å². The fraction of sp³-hybridized carbons (Fsp3) is 0.797. The molecule has 2 unspecified atom stereocenters. The molecule has 0 aliphatic heterocycles. The van der Waals surface area contributed by atoms with Crippen LogP contribution in [0.25, 0.3) is 0 Å². The molecule has 0 saturated heterocycles. The summed E-state index contributed by atoms with van der Waals surface area (Å²) < 4.78 is 33.3. The van der Waals surface area contributed by atoms with Crippen molar-refractivity contribution in [1.29, 1.82) is 0 Å². The highest BCUT2D eigenvalue weighted by atomic mass is 31.2. The molecule has 0 bridgehead atoms. The van der Waals surface area contributed by atoms with Crippen LogP contribution in [0.15, 0.2) is 85.1 Å². The minimum absolute atomic E-state index is 0.0537. The van der Waals surface area contributed by atoms with Gasteiger partial charge in [0, 0.05) is 19.4 Å².